The molecule has 1 unspecified atom stereocenters. The molecule has 0 radical (unpaired) electrons. The highest BCUT2D eigenvalue weighted by Crippen LogP contribution is 2.30. The standard InChI is InChI=1S/C12H18N2O3/c1-8(12(15)14(2)13)10-6-5-9(16-3)7-11(10)17-4/h5-8H,13H2,1-4H3. The van der Waals surface area contributed by atoms with E-state index in [4.69, 9.17) is 15.3 Å². The van der Waals surface area contributed by atoms with Crippen molar-refractivity contribution in [2.45, 2.75) is 12.8 Å². The van der Waals surface area contributed by atoms with Crippen LogP contribution in [0.5, 0.6) is 11.5 Å². The molecule has 5 heteroatoms. The first-order valence-electron chi connectivity index (χ1n) is 5.25. The summed E-state index contributed by atoms with van der Waals surface area (Å²) in [6.45, 7) is 1.79. The molecular formula is C12H18N2O3. The number of benzene rings is 1. The summed E-state index contributed by atoms with van der Waals surface area (Å²) >= 11 is 0. The van der Waals surface area contributed by atoms with Crippen LogP contribution in [0.1, 0.15) is 18.4 Å². The molecular weight excluding hydrogens is 220 g/mol. The Morgan fingerprint density at radius 1 is 1.35 bits per heavy atom. The summed E-state index contributed by atoms with van der Waals surface area (Å²) in [6.07, 6.45) is 0. The molecule has 0 saturated carbocycles. The van der Waals surface area contributed by atoms with Gasteiger partial charge in [0.15, 0.2) is 0 Å². The number of carbonyl (C=O) groups is 1. The van der Waals surface area contributed by atoms with Crippen molar-refractivity contribution in [3.63, 3.8) is 0 Å². The Morgan fingerprint density at radius 2 is 2.00 bits per heavy atom. The van der Waals surface area contributed by atoms with Crippen molar-refractivity contribution < 1.29 is 14.3 Å². The molecule has 0 aliphatic carbocycles. The number of hydrazine groups is 1. The van der Waals surface area contributed by atoms with E-state index in [0.29, 0.717) is 11.5 Å². The summed E-state index contributed by atoms with van der Waals surface area (Å²) in [6, 6.07) is 5.34. The summed E-state index contributed by atoms with van der Waals surface area (Å²) in [5.74, 6) is 6.22. The Bertz CT molecular complexity index is 405. The lowest BCUT2D eigenvalue weighted by Crippen LogP contribution is -2.36. The number of amides is 1. The van der Waals surface area contributed by atoms with Crippen LogP contribution in [-0.4, -0.2) is 32.2 Å². The van der Waals surface area contributed by atoms with E-state index in [1.807, 2.05) is 6.07 Å². The third kappa shape index (κ3) is 2.88. The predicted molar refractivity (Wildman–Crippen MR) is 64.9 cm³/mol. The van der Waals surface area contributed by atoms with Gasteiger partial charge in [-0.2, -0.15) is 0 Å². The predicted octanol–water partition coefficient (Wildman–Crippen LogP) is 1.14. The van der Waals surface area contributed by atoms with E-state index < -0.39 is 0 Å². The molecule has 17 heavy (non-hydrogen) atoms. The molecule has 0 heterocycles. The maximum Gasteiger partial charge on any atom is 0.243 e. The van der Waals surface area contributed by atoms with Crippen LogP contribution in [0.15, 0.2) is 18.2 Å². The summed E-state index contributed by atoms with van der Waals surface area (Å²) in [4.78, 5) is 11.8. The second kappa shape index (κ2) is 5.54. The van der Waals surface area contributed by atoms with Gasteiger partial charge in [0.2, 0.25) is 5.91 Å². The third-order valence-corrected chi connectivity index (χ3v) is 2.63. The van der Waals surface area contributed by atoms with Gasteiger partial charge in [-0.3, -0.25) is 9.80 Å². The molecule has 0 aliphatic rings. The Balaban J connectivity index is 3.09. The minimum Gasteiger partial charge on any atom is -0.497 e. The number of hydrogen-bond acceptors (Lipinski definition) is 4. The second-order valence-corrected chi connectivity index (χ2v) is 3.78. The zero-order chi connectivity index (χ0) is 13.0. The van der Waals surface area contributed by atoms with Gasteiger partial charge in [0.05, 0.1) is 20.1 Å². The van der Waals surface area contributed by atoms with Gasteiger partial charge in [-0.25, -0.2) is 5.84 Å². The van der Waals surface area contributed by atoms with Crippen molar-refractivity contribution in [2.75, 3.05) is 21.3 Å². The van der Waals surface area contributed by atoms with Gasteiger partial charge >= 0.3 is 0 Å². The van der Waals surface area contributed by atoms with Crippen molar-refractivity contribution in [3.8, 4) is 11.5 Å². The zero-order valence-corrected chi connectivity index (χ0v) is 10.6. The minimum absolute atomic E-state index is 0.173. The monoisotopic (exact) mass is 238 g/mol. The van der Waals surface area contributed by atoms with Crippen LogP contribution < -0.4 is 15.3 Å². The normalized spacial score (nSPS) is 11.8. The lowest BCUT2D eigenvalue weighted by molar-refractivity contribution is -0.131. The molecule has 0 aliphatic heterocycles. The molecule has 0 fully saturated rings. The molecule has 5 nitrogen and oxygen atoms in total. The lowest BCUT2D eigenvalue weighted by atomic mass is 9.99. The molecule has 0 bridgehead atoms. The fourth-order valence-electron chi connectivity index (χ4n) is 1.61. The van der Waals surface area contributed by atoms with Gasteiger partial charge in [-0.05, 0) is 13.0 Å². The van der Waals surface area contributed by atoms with Crippen LogP contribution in [0.2, 0.25) is 0 Å². The SMILES string of the molecule is COc1ccc(C(C)C(=O)N(C)N)c(OC)c1. The van der Waals surface area contributed by atoms with E-state index in [1.165, 1.54) is 7.05 Å². The molecule has 1 aromatic carbocycles. The number of likely N-dealkylation sites (N-methyl/N-ethyl adjacent to an activating group) is 1. The van der Waals surface area contributed by atoms with Crippen molar-refractivity contribution in [1.82, 2.24) is 5.01 Å². The molecule has 0 saturated heterocycles. The van der Waals surface area contributed by atoms with Crippen molar-refractivity contribution >= 4 is 5.91 Å². The van der Waals surface area contributed by atoms with E-state index in [0.717, 1.165) is 10.6 Å². The van der Waals surface area contributed by atoms with E-state index in [-0.39, 0.29) is 11.8 Å². The quantitative estimate of drug-likeness (QED) is 0.485. The molecule has 1 rings (SSSR count). The van der Waals surface area contributed by atoms with E-state index in [9.17, 15) is 4.79 Å². The molecule has 94 valence electrons. The first-order valence-corrected chi connectivity index (χ1v) is 5.25. The van der Waals surface area contributed by atoms with Crippen LogP contribution >= 0.6 is 0 Å². The molecule has 2 N–H and O–H groups in total. The van der Waals surface area contributed by atoms with Crippen LogP contribution in [0, 0.1) is 0 Å². The summed E-state index contributed by atoms with van der Waals surface area (Å²) in [5.41, 5.74) is 0.788. The summed E-state index contributed by atoms with van der Waals surface area (Å²) in [5, 5.41) is 1.08. The highest BCUT2D eigenvalue weighted by molar-refractivity contribution is 5.83. The number of hydrogen-bond donors (Lipinski definition) is 1. The Hall–Kier alpha value is -1.75. The smallest absolute Gasteiger partial charge is 0.243 e. The first-order chi connectivity index (χ1) is 8.01. The number of ether oxygens (including phenoxy) is 2. The number of nitrogens with zero attached hydrogens (tertiary/aromatic N) is 1. The summed E-state index contributed by atoms with van der Waals surface area (Å²) < 4.78 is 10.3. The van der Waals surface area contributed by atoms with Gasteiger partial charge in [-0.15, -0.1) is 0 Å². The molecule has 0 spiro atoms. The highest BCUT2D eigenvalue weighted by Gasteiger charge is 2.21. The minimum atomic E-state index is -0.356. The molecule has 1 atom stereocenters. The second-order valence-electron chi connectivity index (χ2n) is 3.78. The van der Waals surface area contributed by atoms with Crippen LogP contribution in [0.25, 0.3) is 0 Å². The molecule has 1 amide bonds. The van der Waals surface area contributed by atoms with Crippen molar-refractivity contribution in [3.05, 3.63) is 23.8 Å². The maximum atomic E-state index is 11.8. The van der Waals surface area contributed by atoms with E-state index in [1.54, 1.807) is 33.3 Å². The van der Waals surface area contributed by atoms with Crippen molar-refractivity contribution in [2.24, 2.45) is 5.84 Å². The van der Waals surface area contributed by atoms with Crippen molar-refractivity contribution in [1.29, 1.82) is 0 Å². The fourth-order valence-corrected chi connectivity index (χ4v) is 1.61. The summed E-state index contributed by atoms with van der Waals surface area (Å²) in [7, 11) is 4.66. The zero-order valence-electron chi connectivity index (χ0n) is 10.6. The maximum absolute atomic E-state index is 11.8. The largest absolute Gasteiger partial charge is 0.497 e. The topological polar surface area (TPSA) is 64.8 Å². The van der Waals surface area contributed by atoms with Crippen LogP contribution in [0.3, 0.4) is 0 Å². The van der Waals surface area contributed by atoms with Crippen LogP contribution in [0.4, 0.5) is 0 Å². The fraction of sp³-hybridized carbons (Fsp3) is 0.417. The van der Waals surface area contributed by atoms with Crippen LogP contribution in [-0.2, 0) is 4.79 Å². The molecule has 0 aromatic heterocycles. The number of methoxy groups -OCH3 is 2. The average Bonchev–Trinajstić information content (AvgIpc) is 2.35. The van der Waals surface area contributed by atoms with Gasteiger partial charge in [0.1, 0.15) is 11.5 Å². The lowest BCUT2D eigenvalue weighted by Gasteiger charge is -2.19. The van der Waals surface area contributed by atoms with Gasteiger partial charge < -0.3 is 9.47 Å². The third-order valence-electron chi connectivity index (χ3n) is 2.63. The highest BCUT2D eigenvalue weighted by atomic mass is 16.5. The Morgan fingerprint density at radius 3 is 2.47 bits per heavy atom. The van der Waals surface area contributed by atoms with E-state index >= 15 is 0 Å². The number of nitrogens with two attached hydrogens (primary N) is 1. The van der Waals surface area contributed by atoms with Gasteiger partial charge in [0, 0.05) is 18.7 Å². The number of rotatable bonds is 4. The first kappa shape index (κ1) is 13.3. The average molecular weight is 238 g/mol. The van der Waals surface area contributed by atoms with Gasteiger partial charge in [0.25, 0.3) is 0 Å². The molecule has 1 aromatic rings. The van der Waals surface area contributed by atoms with Gasteiger partial charge in [-0.1, -0.05) is 6.07 Å². The van der Waals surface area contributed by atoms with E-state index in [2.05, 4.69) is 0 Å². The Kier molecular flexibility index (Phi) is 4.34. The number of carbonyl (C=O) groups excluding carboxylic acids is 1. The Labute approximate surface area is 101 Å².